The number of fused-ring (bicyclic) bond motifs is 1. The summed E-state index contributed by atoms with van der Waals surface area (Å²) in [6.07, 6.45) is 4.70. The smallest absolute Gasteiger partial charge is 0.191 e. The van der Waals surface area contributed by atoms with Crippen LogP contribution in [0.2, 0.25) is 0 Å². The van der Waals surface area contributed by atoms with Crippen LogP contribution < -0.4 is 5.32 Å². The van der Waals surface area contributed by atoms with Crippen molar-refractivity contribution < 1.29 is 8.78 Å². The fraction of sp³-hybridized carbons (Fsp3) is 0.476. The van der Waals surface area contributed by atoms with Gasteiger partial charge in [0.25, 0.3) is 0 Å². The van der Waals surface area contributed by atoms with Crippen molar-refractivity contribution in [3.8, 4) is 0 Å². The Balaban J connectivity index is 1.62. The Kier molecular flexibility index (Phi) is 5.72. The lowest BCUT2D eigenvalue weighted by atomic mass is 10.1. The fourth-order valence-corrected chi connectivity index (χ4v) is 4.11. The van der Waals surface area contributed by atoms with E-state index in [2.05, 4.69) is 35.6 Å². The van der Waals surface area contributed by atoms with Crippen molar-refractivity contribution in [2.75, 3.05) is 11.1 Å². The lowest BCUT2D eigenvalue weighted by molar-refractivity contribution is 0.507. The molecule has 29 heavy (non-hydrogen) atoms. The second-order valence-corrected chi connectivity index (χ2v) is 8.61. The van der Waals surface area contributed by atoms with Crippen molar-refractivity contribution in [3.05, 3.63) is 41.7 Å². The van der Waals surface area contributed by atoms with Crippen LogP contribution in [0.25, 0.3) is 11.2 Å². The zero-order chi connectivity index (χ0) is 20.5. The van der Waals surface area contributed by atoms with E-state index in [0.29, 0.717) is 11.9 Å². The first-order chi connectivity index (χ1) is 14.0. The number of nitrogens with one attached hydrogen (secondary N) is 1. The Morgan fingerprint density at radius 1 is 1.24 bits per heavy atom. The number of anilines is 1. The first-order valence-electron chi connectivity index (χ1n) is 10.1. The van der Waals surface area contributed by atoms with Gasteiger partial charge in [0.2, 0.25) is 0 Å². The van der Waals surface area contributed by atoms with Crippen LogP contribution >= 0.6 is 11.8 Å². The molecule has 1 N–H and O–H groups in total. The van der Waals surface area contributed by atoms with Gasteiger partial charge >= 0.3 is 0 Å². The Labute approximate surface area is 173 Å². The van der Waals surface area contributed by atoms with E-state index in [9.17, 15) is 8.78 Å². The van der Waals surface area contributed by atoms with Gasteiger partial charge < -0.3 is 9.88 Å². The average Bonchev–Trinajstić information content (AvgIpc) is 3.35. The molecule has 3 aromatic rings. The third-order valence-electron chi connectivity index (χ3n) is 5.39. The fourth-order valence-electron chi connectivity index (χ4n) is 3.42. The van der Waals surface area contributed by atoms with Crippen LogP contribution in [-0.4, -0.2) is 31.3 Å². The van der Waals surface area contributed by atoms with Gasteiger partial charge in [-0.1, -0.05) is 31.7 Å². The molecule has 5 nitrogen and oxygen atoms in total. The maximum absolute atomic E-state index is 13.6. The van der Waals surface area contributed by atoms with Crippen LogP contribution in [-0.2, 0) is 0 Å². The van der Waals surface area contributed by atoms with Crippen molar-refractivity contribution in [2.45, 2.75) is 63.2 Å². The molecule has 2 aromatic heterocycles. The molecule has 0 amide bonds. The van der Waals surface area contributed by atoms with E-state index in [1.165, 1.54) is 12.1 Å². The maximum atomic E-state index is 13.6. The molecular weight excluding hydrogens is 392 g/mol. The predicted molar refractivity (Wildman–Crippen MR) is 112 cm³/mol. The Bertz CT molecular complexity index is 1020. The van der Waals surface area contributed by atoms with E-state index < -0.39 is 11.6 Å². The molecule has 0 radical (unpaired) electrons. The van der Waals surface area contributed by atoms with Gasteiger partial charge in [-0.2, -0.15) is 0 Å². The second kappa shape index (κ2) is 8.26. The van der Waals surface area contributed by atoms with Crippen LogP contribution in [0.4, 0.5) is 14.6 Å². The lowest BCUT2D eigenvalue weighted by Crippen LogP contribution is -2.09. The number of hydrogen-bond donors (Lipinski definition) is 1. The molecule has 1 saturated carbocycles. The van der Waals surface area contributed by atoms with Crippen LogP contribution in [0.3, 0.4) is 0 Å². The Morgan fingerprint density at radius 3 is 2.79 bits per heavy atom. The summed E-state index contributed by atoms with van der Waals surface area (Å²) in [6.45, 7) is 6.42. The molecule has 1 aliphatic rings. The summed E-state index contributed by atoms with van der Waals surface area (Å²) in [4.78, 5) is 14.0. The Morgan fingerprint density at radius 2 is 2.07 bits per heavy atom. The summed E-state index contributed by atoms with van der Waals surface area (Å²) in [5, 5.41) is 4.21. The number of nitrogens with zero attached hydrogens (tertiary/aromatic N) is 4. The summed E-state index contributed by atoms with van der Waals surface area (Å²) in [7, 11) is 0. The molecule has 2 heterocycles. The van der Waals surface area contributed by atoms with Crippen LogP contribution in [0.1, 0.15) is 57.6 Å². The Hall–Kier alpha value is -2.22. The number of hydrogen-bond acceptors (Lipinski definition) is 5. The van der Waals surface area contributed by atoms with Gasteiger partial charge in [-0.15, -0.1) is 0 Å². The molecule has 1 aliphatic carbocycles. The second-order valence-electron chi connectivity index (χ2n) is 7.55. The molecule has 0 spiro atoms. The molecule has 4 rings (SSSR count). The van der Waals surface area contributed by atoms with Crippen molar-refractivity contribution in [3.63, 3.8) is 0 Å². The number of aromatic nitrogens is 4. The summed E-state index contributed by atoms with van der Waals surface area (Å²) < 4.78 is 28.9. The van der Waals surface area contributed by atoms with Gasteiger partial charge in [0.15, 0.2) is 33.8 Å². The topological polar surface area (TPSA) is 55.6 Å². The minimum atomic E-state index is -0.815. The third-order valence-corrected chi connectivity index (χ3v) is 6.44. The number of thioether (sulfide) groups is 1. The zero-order valence-corrected chi connectivity index (χ0v) is 17.6. The first kappa shape index (κ1) is 20.1. The van der Waals surface area contributed by atoms with E-state index >= 15 is 0 Å². The molecule has 1 unspecified atom stereocenters. The van der Waals surface area contributed by atoms with E-state index in [-0.39, 0.29) is 12.0 Å². The number of halogens is 2. The highest BCUT2D eigenvalue weighted by molar-refractivity contribution is 7.99. The minimum Gasteiger partial charge on any atom is -0.365 e. The molecular formula is C21H25F2N5S. The quantitative estimate of drug-likeness (QED) is 0.385. The van der Waals surface area contributed by atoms with Gasteiger partial charge in [0, 0.05) is 23.8 Å². The normalized spacial score (nSPS) is 19.5. The van der Waals surface area contributed by atoms with E-state index in [4.69, 9.17) is 9.97 Å². The molecule has 1 aromatic carbocycles. The summed E-state index contributed by atoms with van der Waals surface area (Å²) in [6, 6.07) is 4.55. The van der Waals surface area contributed by atoms with E-state index in [0.717, 1.165) is 46.9 Å². The van der Waals surface area contributed by atoms with Crippen molar-refractivity contribution >= 4 is 28.7 Å². The van der Waals surface area contributed by atoms with Gasteiger partial charge in [-0.25, -0.2) is 23.7 Å². The van der Waals surface area contributed by atoms with E-state index in [1.54, 1.807) is 17.8 Å². The van der Waals surface area contributed by atoms with Crippen molar-refractivity contribution in [1.29, 1.82) is 0 Å². The number of imidazole rings is 1. The van der Waals surface area contributed by atoms with E-state index in [1.807, 2.05) is 6.33 Å². The first-order valence-corrected chi connectivity index (χ1v) is 11.1. The van der Waals surface area contributed by atoms with Gasteiger partial charge in [-0.3, -0.25) is 0 Å². The summed E-state index contributed by atoms with van der Waals surface area (Å²) >= 11 is 1.63. The highest BCUT2D eigenvalue weighted by Crippen LogP contribution is 2.43. The molecule has 1 fully saturated rings. The van der Waals surface area contributed by atoms with Gasteiger partial charge in [0.1, 0.15) is 0 Å². The zero-order valence-electron chi connectivity index (χ0n) is 16.8. The standard InChI is InChI=1S/C21H25F2N5S/c1-4-8-29-21-26-19(18-20(27-21)28(11-24-18)12(3)5-2)25-17-10-14(17)13-6-7-15(22)16(23)9-13/h6-7,9,11-12,14,17H,4-5,8,10H2,1-3H3,(H,25,26,27)/t12?,14-,17+/m0/s1. The SMILES string of the molecule is CCCSc1nc(N[C@@H]2C[C@H]2c2ccc(F)c(F)c2)c2ncn(C(C)CC)c2n1. The van der Waals surface area contributed by atoms with Gasteiger partial charge in [0.05, 0.1) is 6.33 Å². The predicted octanol–water partition coefficient (Wildman–Crippen LogP) is 5.55. The molecule has 154 valence electrons. The molecule has 8 heteroatoms. The molecule has 0 saturated heterocycles. The largest absolute Gasteiger partial charge is 0.365 e. The molecule has 0 aliphatic heterocycles. The van der Waals surface area contributed by atoms with Gasteiger partial charge in [-0.05, 0) is 43.9 Å². The van der Waals surface area contributed by atoms with Crippen LogP contribution in [0.15, 0.2) is 29.7 Å². The molecule has 3 atom stereocenters. The van der Waals surface area contributed by atoms with Crippen LogP contribution in [0, 0.1) is 11.6 Å². The number of benzene rings is 1. The highest BCUT2D eigenvalue weighted by atomic mass is 32.2. The number of rotatable bonds is 8. The summed E-state index contributed by atoms with van der Waals surface area (Å²) in [5.41, 5.74) is 2.39. The third kappa shape index (κ3) is 4.08. The van der Waals surface area contributed by atoms with Crippen molar-refractivity contribution in [1.82, 2.24) is 19.5 Å². The summed E-state index contributed by atoms with van der Waals surface area (Å²) in [5.74, 6) is 0.181. The lowest BCUT2D eigenvalue weighted by Gasteiger charge is -2.13. The maximum Gasteiger partial charge on any atom is 0.191 e. The monoisotopic (exact) mass is 417 g/mol. The van der Waals surface area contributed by atoms with Crippen molar-refractivity contribution in [2.24, 2.45) is 0 Å². The molecule has 0 bridgehead atoms. The van der Waals surface area contributed by atoms with Crippen LogP contribution in [0.5, 0.6) is 0 Å². The minimum absolute atomic E-state index is 0.121. The highest BCUT2D eigenvalue weighted by Gasteiger charge is 2.39. The average molecular weight is 418 g/mol.